The average Bonchev–Trinajstić information content (AvgIpc) is 2.73. The second kappa shape index (κ2) is 7.82. The fourth-order valence-electron chi connectivity index (χ4n) is 4.26. The Hall–Kier alpha value is -3.35. The first-order valence-electron chi connectivity index (χ1n) is 10.1. The number of carbonyl (C=O) groups is 1. The van der Waals surface area contributed by atoms with E-state index in [1.54, 1.807) is 4.57 Å². The predicted molar refractivity (Wildman–Crippen MR) is 116 cm³/mol. The number of hydrogen-bond donors (Lipinski definition) is 3. The highest BCUT2D eigenvalue weighted by Gasteiger charge is 2.29. The zero-order valence-electron chi connectivity index (χ0n) is 16.7. The van der Waals surface area contributed by atoms with E-state index in [0.29, 0.717) is 36.2 Å². The molecular formula is C23H24FN3O3. The number of nitrogens with zero attached hydrogens (tertiary/aromatic N) is 1. The Morgan fingerprint density at radius 1 is 1.33 bits per heavy atom. The van der Waals surface area contributed by atoms with Crippen molar-refractivity contribution in [2.24, 2.45) is 0 Å². The van der Waals surface area contributed by atoms with Crippen LogP contribution in [0.1, 0.15) is 47.3 Å². The van der Waals surface area contributed by atoms with E-state index in [9.17, 15) is 14.7 Å². The number of carboxylic acids is 1. The predicted octanol–water partition coefficient (Wildman–Crippen LogP) is 3.97. The van der Waals surface area contributed by atoms with Crippen LogP contribution in [-0.4, -0.2) is 22.2 Å². The molecule has 2 heterocycles. The lowest BCUT2D eigenvalue weighted by Gasteiger charge is -2.29. The van der Waals surface area contributed by atoms with Crippen molar-refractivity contribution in [1.29, 1.82) is 0 Å². The Morgan fingerprint density at radius 2 is 2.07 bits per heavy atom. The molecule has 6 nitrogen and oxygen atoms in total. The SMILES string of the molecule is C[C@H]1CCc2c(NCCCc3ccccc3)c(F)c(N)c3c(=O)c(C(=O)O)cn1c23. The molecule has 156 valence electrons. The first-order chi connectivity index (χ1) is 14.4. The smallest absolute Gasteiger partial charge is 0.341 e. The van der Waals surface area contributed by atoms with E-state index in [4.69, 9.17) is 5.73 Å². The summed E-state index contributed by atoms with van der Waals surface area (Å²) in [7, 11) is 0. The number of nitrogen functional groups attached to an aromatic ring is 1. The molecule has 1 aliphatic rings. The maximum atomic E-state index is 15.2. The quantitative estimate of drug-likeness (QED) is 0.423. The molecule has 1 aliphatic heterocycles. The Morgan fingerprint density at radius 3 is 2.77 bits per heavy atom. The lowest BCUT2D eigenvalue weighted by molar-refractivity contribution is 0.0694. The number of pyridine rings is 1. The highest BCUT2D eigenvalue weighted by Crippen LogP contribution is 2.39. The number of anilines is 2. The summed E-state index contributed by atoms with van der Waals surface area (Å²) in [5.41, 5.74) is 7.34. The van der Waals surface area contributed by atoms with Gasteiger partial charge in [-0.05, 0) is 38.2 Å². The minimum absolute atomic E-state index is 0.0190. The van der Waals surface area contributed by atoms with Crippen molar-refractivity contribution in [3.8, 4) is 0 Å². The van der Waals surface area contributed by atoms with Crippen molar-refractivity contribution in [2.45, 2.75) is 38.6 Å². The van der Waals surface area contributed by atoms with Gasteiger partial charge in [0.15, 0.2) is 5.82 Å². The molecule has 2 aromatic carbocycles. The molecule has 30 heavy (non-hydrogen) atoms. The molecule has 1 atom stereocenters. The maximum absolute atomic E-state index is 15.2. The number of aromatic nitrogens is 1. The molecule has 7 heteroatoms. The molecule has 0 spiro atoms. The molecule has 0 saturated carbocycles. The normalized spacial score (nSPS) is 15.3. The number of hydrogen-bond acceptors (Lipinski definition) is 4. The van der Waals surface area contributed by atoms with Crippen molar-refractivity contribution >= 4 is 28.2 Å². The number of aryl methyl sites for hydroxylation is 2. The summed E-state index contributed by atoms with van der Waals surface area (Å²) in [4.78, 5) is 24.3. The van der Waals surface area contributed by atoms with Crippen LogP contribution in [0.2, 0.25) is 0 Å². The van der Waals surface area contributed by atoms with Crippen LogP contribution in [0.4, 0.5) is 15.8 Å². The summed E-state index contributed by atoms with van der Waals surface area (Å²) in [5.74, 6) is -2.02. The van der Waals surface area contributed by atoms with Crippen LogP contribution >= 0.6 is 0 Å². The van der Waals surface area contributed by atoms with Gasteiger partial charge in [0.2, 0.25) is 5.43 Å². The van der Waals surface area contributed by atoms with Gasteiger partial charge in [0.1, 0.15) is 5.56 Å². The second-order valence-electron chi connectivity index (χ2n) is 7.79. The third-order valence-corrected chi connectivity index (χ3v) is 5.85. The van der Waals surface area contributed by atoms with Gasteiger partial charge in [-0.25, -0.2) is 9.18 Å². The first-order valence-corrected chi connectivity index (χ1v) is 10.1. The van der Waals surface area contributed by atoms with Crippen LogP contribution in [0.3, 0.4) is 0 Å². The zero-order valence-corrected chi connectivity index (χ0v) is 16.7. The molecule has 0 unspecified atom stereocenters. The fourth-order valence-corrected chi connectivity index (χ4v) is 4.26. The first kappa shape index (κ1) is 19.9. The summed E-state index contributed by atoms with van der Waals surface area (Å²) in [6, 6.07) is 10.0. The van der Waals surface area contributed by atoms with Gasteiger partial charge >= 0.3 is 5.97 Å². The molecular weight excluding hydrogens is 385 g/mol. The lowest BCUT2D eigenvalue weighted by atomic mass is 9.93. The van der Waals surface area contributed by atoms with E-state index in [1.165, 1.54) is 11.8 Å². The van der Waals surface area contributed by atoms with Crippen LogP contribution < -0.4 is 16.5 Å². The molecule has 0 saturated heterocycles. The van der Waals surface area contributed by atoms with Crippen LogP contribution in [0.25, 0.3) is 10.9 Å². The van der Waals surface area contributed by atoms with Crippen LogP contribution in [0.5, 0.6) is 0 Å². The minimum atomic E-state index is -1.34. The Balaban J connectivity index is 1.75. The molecule has 0 amide bonds. The largest absolute Gasteiger partial charge is 0.477 e. The summed E-state index contributed by atoms with van der Waals surface area (Å²) in [6.07, 6.45) is 4.32. The van der Waals surface area contributed by atoms with Crippen LogP contribution in [0, 0.1) is 5.82 Å². The van der Waals surface area contributed by atoms with Crippen molar-refractivity contribution in [1.82, 2.24) is 4.57 Å². The van der Waals surface area contributed by atoms with E-state index in [0.717, 1.165) is 12.8 Å². The molecule has 4 rings (SSSR count). The Kier molecular flexibility index (Phi) is 5.20. The lowest BCUT2D eigenvalue weighted by Crippen LogP contribution is -2.26. The van der Waals surface area contributed by atoms with E-state index in [2.05, 4.69) is 17.4 Å². The number of carboxylic acid groups (broad SMARTS) is 1. The van der Waals surface area contributed by atoms with Gasteiger partial charge in [0.25, 0.3) is 0 Å². The minimum Gasteiger partial charge on any atom is -0.477 e. The van der Waals surface area contributed by atoms with Gasteiger partial charge in [0.05, 0.1) is 22.3 Å². The van der Waals surface area contributed by atoms with E-state index < -0.39 is 22.8 Å². The summed E-state index contributed by atoms with van der Waals surface area (Å²) in [5, 5.41) is 12.6. The maximum Gasteiger partial charge on any atom is 0.341 e. The molecule has 4 N–H and O–H groups in total. The third-order valence-electron chi connectivity index (χ3n) is 5.85. The molecule has 0 fully saturated rings. The van der Waals surface area contributed by atoms with Crippen molar-refractivity contribution in [3.63, 3.8) is 0 Å². The summed E-state index contributed by atoms with van der Waals surface area (Å²) >= 11 is 0. The van der Waals surface area contributed by atoms with Gasteiger partial charge < -0.3 is 20.7 Å². The second-order valence-corrected chi connectivity index (χ2v) is 7.79. The molecule has 0 radical (unpaired) electrons. The monoisotopic (exact) mass is 409 g/mol. The molecule has 3 aromatic rings. The molecule has 0 aliphatic carbocycles. The van der Waals surface area contributed by atoms with Crippen molar-refractivity contribution < 1.29 is 14.3 Å². The molecule has 1 aromatic heterocycles. The zero-order chi connectivity index (χ0) is 21.4. The van der Waals surface area contributed by atoms with Crippen molar-refractivity contribution in [3.05, 3.63) is 69.3 Å². The number of nitrogens with one attached hydrogen (secondary N) is 1. The summed E-state index contributed by atoms with van der Waals surface area (Å²) in [6.45, 7) is 2.50. The van der Waals surface area contributed by atoms with Gasteiger partial charge in [-0.3, -0.25) is 4.79 Å². The Labute approximate surface area is 173 Å². The van der Waals surface area contributed by atoms with E-state index >= 15 is 4.39 Å². The molecule has 0 bridgehead atoms. The Bertz CT molecular complexity index is 1190. The van der Waals surface area contributed by atoms with Crippen LogP contribution in [0.15, 0.2) is 41.3 Å². The fraction of sp³-hybridized carbons (Fsp3) is 0.304. The summed E-state index contributed by atoms with van der Waals surface area (Å²) < 4.78 is 17.0. The number of rotatable bonds is 6. The van der Waals surface area contributed by atoms with Crippen molar-refractivity contribution in [2.75, 3.05) is 17.6 Å². The number of halogens is 1. The average molecular weight is 409 g/mol. The van der Waals surface area contributed by atoms with Gasteiger partial charge in [0, 0.05) is 24.3 Å². The number of nitrogens with two attached hydrogens (primary N) is 1. The van der Waals surface area contributed by atoms with E-state index in [1.807, 2.05) is 25.1 Å². The topological polar surface area (TPSA) is 97.3 Å². The highest BCUT2D eigenvalue weighted by atomic mass is 19.1. The number of aromatic carboxylic acids is 1. The highest BCUT2D eigenvalue weighted by molar-refractivity contribution is 6.01. The number of benzene rings is 2. The van der Waals surface area contributed by atoms with Gasteiger partial charge in [-0.1, -0.05) is 30.3 Å². The third kappa shape index (κ3) is 3.30. The standard InChI is InChI=1S/C23H24FN3O3/c1-13-9-10-15-20(26-11-5-8-14-6-3-2-4-7-14)18(24)19(25)17-21(15)27(13)12-16(22(17)28)23(29)30/h2-4,6-7,12-13,26H,5,8-11,25H2,1H3,(H,29,30)/t13-/m0/s1. The van der Waals surface area contributed by atoms with Crippen LogP contribution in [-0.2, 0) is 12.8 Å². The van der Waals surface area contributed by atoms with Gasteiger partial charge in [-0.15, -0.1) is 0 Å². The van der Waals surface area contributed by atoms with Gasteiger partial charge in [-0.2, -0.15) is 0 Å². The van der Waals surface area contributed by atoms with E-state index in [-0.39, 0.29) is 17.1 Å².